The molecule has 3 atom stereocenters. The average Bonchev–Trinajstić information content (AvgIpc) is 3.24. The van der Waals surface area contributed by atoms with Gasteiger partial charge >= 0.3 is 0 Å². The summed E-state index contributed by atoms with van der Waals surface area (Å²) < 4.78 is 5.90. The first-order valence-corrected chi connectivity index (χ1v) is 9.21. The second-order valence-electron chi connectivity index (χ2n) is 6.65. The number of benzene rings is 1. The number of nitrogens with one attached hydrogen (secondary N) is 3. The average molecular weight is 472 g/mol. The van der Waals surface area contributed by atoms with E-state index in [1.807, 2.05) is 24.3 Å². The summed E-state index contributed by atoms with van der Waals surface area (Å²) in [5.41, 5.74) is 1.80. The molecule has 2 aliphatic heterocycles. The maximum Gasteiger partial charge on any atom is 0.251 e. The summed E-state index contributed by atoms with van der Waals surface area (Å²) in [7, 11) is 1.65. The number of carbonyl (C=O) groups excluding carboxylic acids is 1. The molecular weight excluding hydrogens is 443 g/mol. The molecule has 3 rings (SSSR count). The summed E-state index contributed by atoms with van der Waals surface area (Å²) in [6.45, 7) is 3.58. The van der Waals surface area contributed by atoms with Crippen LogP contribution in [0.25, 0.3) is 0 Å². The van der Waals surface area contributed by atoms with Crippen molar-refractivity contribution >= 4 is 35.8 Å². The molecule has 0 aliphatic carbocycles. The van der Waals surface area contributed by atoms with Gasteiger partial charge in [-0.05, 0) is 50.3 Å². The van der Waals surface area contributed by atoms with Gasteiger partial charge in [0.15, 0.2) is 5.96 Å². The zero-order valence-corrected chi connectivity index (χ0v) is 17.8. The van der Waals surface area contributed by atoms with Crippen molar-refractivity contribution in [2.75, 3.05) is 20.1 Å². The molecule has 2 bridgehead atoms. The van der Waals surface area contributed by atoms with Crippen molar-refractivity contribution in [2.45, 2.75) is 50.9 Å². The van der Waals surface area contributed by atoms with E-state index in [0.29, 0.717) is 30.4 Å². The van der Waals surface area contributed by atoms with Gasteiger partial charge in [-0.15, -0.1) is 24.0 Å². The Kier molecular flexibility index (Phi) is 8.15. The number of nitrogens with zero attached hydrogens (tertiary/aromatic N) is 1. The number of carbonyl (C=O) groups is 1. The number of hydrogen-bond acceptors (Lipinski definition) is 3. The van der Waals surface area contributed by atoms with Crippen LogP contribution in [-0.4, -0.2) is 50.3 Å². The van der Waals surface area contributed by atoms with Crippen molar-refractivity contribution in [3.05, 3.63) is 35.4 Å². The molecule has 0 radical (unpaired) electrons. The van der Waals surface area contributed by atoms with Gasteiger partial charge in [0.1, 0.15) is 0 Å². The van der Waals surface area contributed by atoms with Crippen molar-refractivity contribution < 1.29 is 9.53 Å². The quantitative estimate of drug-likeness (QED) is 0.337. The molecule has 1 amide bonds. The lowest BCUT2D eigenvalue weighted by Gasteiger charge is -2.22. The van der Waals surface area contributed by atoms with Gasteiger partial charge in [0.05, 0.1) is 18.2 Å². The Balaban J connectivity index is 0.00000243. The van der Waals surface area contributed by atoms with E-state index in [9.17, 15) is 4.79 Å². The molecule has 6 nitrogen and oxygen atoms in total. The normalized spacial score (nSPS) is 24.1. The Morgan fingerprint density at radius 2 is 2.19 bits per heavy atom. The first-order valence-electron chi connectivity index (χ1n) is 9.21. The van der Waals surface area contributed by atoms with Crippen LogP contribution in [0.2, 0.25) is 0 Å². The van der Waals surface area contributed by atoms with E-state index >= 15 is 0 Å². The van der Waals surface area contributed by atoms with E-state index in [1.54, 1.807) is 7.05 Å². The van der Waals surface area contributed by atoms with Crippen LogP contribution < -0.4 is 16.0 Å². The molecular formula is C19H29IN4O2. The van der Waals surface area contributed by atoms with E-state index in [0.717, 1.165) is 37.3 Å². The number of hydrogen-bond donors (Lipinski definition) is 3. The molecule has 1 aromatic carbocycles. The number of rotatable bonds is 6. The topological polar surface area (TPSA) is 74.8 Å². The standard InChI is InChI=1S/C19H28N4O2.HI/c1-3-21-19(23-16-12-15-7-8-17(16)25-15)22-10-9-13-5-4-6-14(11-13)18(24)20-2;/h4-6,11,15-17H,3,7-10,12H2,1-2H3,(H,20,24)(H2,21,22,23);1H. The Morgan fingerprint density at radius 1 is 1.35 bits per heavy atom. The molecule has 7 heteroatoms. The molecule has 26 heavy (non-hydrogen) atoms. The Morgan fingerprint density at radius 3 is 2.85 bits per heavy atom. The molecule has 2 heterocycles. The summed E-state index contributed by atoms with van der Waals surface area (Å²) in [4.78, 5) is 16.4. The van der Waals surface area contributed by atoms with Gasteiger partial charge in [-0.1, -0.05) is 12.1 Å². The predicted molar refractivity (Wildman–Crippen MR) is 114 cm³/mol. The van der Waals surface area contributed by atoms with Crippen LogP contribution in [0.4, 0.5) is 0 Å². The maximum absolute atomic E-state index is 11.7. The van der Waals surface area contributed by atoms with Gasteiger partial charge in [0.2, 0.25) is 0 Å². The molecule has 3 N–H and O–H groups in total. The summed E-state index contributed by atoms with van der Waals surface area (Å²) in [5.74, 6) is 0.794. The molecule has 0 spiro atoms. The van der Waals surface area contributed by atoms with Crippen LogP contribution in [0.15, 0.2) is 29.3 Å². The number of ether oxygens (including phenoxy) is 1. The summed E-state index contributed by atoms with van der Waals surface area (Å²) >= 11 is 0. The van der Waals surface area contributed by atoms with Gasteiger partial charge in [-0.25, -0.2) is 0 Å². The van der Waals surface area contributed by atoms with Gasteiger partial charge in [0.25, 0.3) is 5.91 Å². The maximum atomic E-state index is 11.7. The van der Waals surface area contributed by atoms with Gasteiger partial charge in [-0.3, -0.25) is 9.79 Å². The second kappa shape index (κ2) is 10.1. The third kappa shape index (κ3) is 5.33. The lowest BCUT2D eigenvalue weighted by molar-refractivity contribution is 0.0962. The first kappa shape index (κ1) is 21.0. The number of halogens is 1. The number of aliphatic imine (C=N–C) groups is 1. The summed E-state index contributed by atoms with van der Waals surface area (Å²) in [6, 6.07) is 8.07. The van der Waals surface area contributed by atoms with Crippen LogP contribution in [0.3, 0.4) is 0 Å². The SMILES string of the molecule is CCNC(=NCCc1cccc(C(=O)NC)c1)NC1CC2CCC1O2.I. The molecule has 2 fully saturated rings. The first-order chi connectivity index (χ1) is 12.2. The van der Waals surface area contributed by atoms with Crippen molar-refractivity contribution in [3.63, 3.8) is 0 Å². The number of amides is 1. The van der Waals surface area contributed by atoms with Crippen molar-refractivity contribution in [1.29, 1.82) is 0 Å². The fourth-order valence-corrected chi connectivity index (χ4v) is 3.59. The minimum Gasteiger partial charge on any atom is -0.373 e. The third-order valence-corrected chi connectivity index (χ3v) is 4.86. The minimum absolute atomic E-state index is 0. The third-order valence-electron chi connectivity index (χ3n) is 4.86. The van der Waals surface area contributed by atoms with Crippen LogP contribution in [-0.2, 0) is 11.2 Å². The summed E-state index contributed by atoms with van der Waals surface area (Å²) in [5, 5.41) is 9.49. The smallest absolute Gasteiger partial charge is 0.251 e. The van der Waals surface area contributed by atoms with E-state index in [4.69, 9.17) is 4.74 Å². The molecule has 2 saturated heterocycles. The van der Waals surface area contributed by atoms with Crippen LogP contribution in [0.1, 0.15) is 42.1 Å². The molecule has 3 unspecified atom stereocenters. The Labute approximate surface area is 172 Å². The second-order valence-corrected chi connectivity index (χ2v) is 6.65. The molecule has 2 aliphatic rings. The predicted octanol–water partition coefficient (Wildman–Crippen LogP) is 2.08. The Bertz CT molecular complexity index is 638. The van der Waals surface area contributed by atoms with E-state index in [2.05, 4.69) is 27.9 Å². The van der Waals surface area contributed by atoms with Crippen LogP contribution in [0.5, 0.6) is 0 Å². The molecule has 144 valence electrons. The minimum atomic E-state index is -0.0587. The van der Waals surface area contributed by atoms with Crippen LogP contribution in [0, 0.1) is 0 Å². The number of guanidine groups is 1. The van der Waals surface area contributed by atoms with E-state index in [1.165, 1.54) is 6.42 Å². The lowest BCUT2D eigenvalue weighted by atomic mass is 9.96. The molecule has 0 saturated carbocycles. The fraction of sp³-hybridized carbons (Fsp3) is 0.579. The highest BCUT2D eigenvalue weighted by Gasteiger charge is 2.41. The molecule has 0 aromatic heterocycles. The van der Waals surface area contributed by atoms with Gasteiger partial charge in [-0.2, -0.15) is 0 Å². The van der Waals surface area contributed by atoms with Gasteiger partial charge in [0, 0.05) is 25.7 Å². The zero-order valence-electron chi connectivity index (χ0n) is 15.5. The highest BCUT2D eigenvalue weighted by molar-refractivity contribution is 14.0. The van der Waals surface area contributed by atoms with E-state index in [-0.39, 0.29) is 29.9 Å². The Hall–Kier alpha value is -1.35. The lowest BCUT2D eigenvalue weighted by Crippen LogP contribution is -2.47. The summed E-state index contributed by atoms with van der Waals surface area (Å²) in [6.07, 6.45) is 4.97. The van der Waals surface area contributed by atoms with E-state index < -0.39 is 0 Å². The fourth-order valence-electron chi connectivity index (χ4n) is 3.59. The van der Waals surface area contributed by atoms with Crippen molar-refractivity contribution in [3.8, 4) is 0 Å². The number of fused-ring (bicyclic) bond motifs is 2. The van der Waals surface area contributed by atoms with Gasteiger partial charge < -0.3 is 20.7 Å². The zero-order chi connectivity index (χ0) is 17.6. The van der Waals surface area contributed by atoms with Crippen molar-refractivity contribution in [1.82, 2.24) is 16.0 Å². The van der Waals surface area contributed by atoms with Crippen LogP contribution >= 0.6 is 24.0 Å². The monoisotopic (exact) mass is 472 g/mol. The molecule has 1 aromatic rings. The van der Waals surface area contributed by atoms with Crippen molar-refractivity contribution in [2.24, 2.45) is 4.99 Å². The highest BCUT2D eigenvalue weighted by atomic mass is 127. The highest BCUT2D eigenvalue weighted by Crippen LogP contribution is 2.34. The largest absolute Gasteiger partial charge is 0.373 e.